The van der Waals surface area contributed by atoms with Crippen LogP contribution in [0.15, 0.2) is 29.3 Å². The first-order chi connectivity index (χ1) is 13.7. The zero-order valence-electron chi connectivity index (χ0n) is 16.4. The quantitative estimate of drug-likeness (QED) is 0.530. The van der Waals surface area contributed by atoms with E-state index in [-0.39, 0.29) is 18.8 Å². The zero-order chi connectivity index (χ0) is 19.8. The number of nitrogens with one attached hydrogen (secondary N) is 1. The average Bonchev–Trinajstić information content (AvgIpc) is 3.25. The normalized spacial score (nSPS) is 22.9. The number of aliphatic imine (C=N–C) groups is 1. The smallest absolute Gasteiger partial charge is 0.255 e. The van der Waals surface area contributed by atoms with Crippen LogP contribution in [0.25, 0.3) is 0 Å². The molecule has 3 N–H and O–H groups in total. The topological polar surface area (TPSA) is 98.4 Å². The van der Waals surface area contributed by atoms with Gasteiger partial charge in [0.1, 0.15) is 11.9 Å². The number of nitrogens with zero attached hydrogens (tertiary/aromatic N) is 2. The Bertz CT molecular complexity index is 676. The van der Waals surface area contributed by atoms with Crippen LogP contribution in [0, 0.1) is 0 Å². The Hall–Kier alpha value is -2.32. The summed E-state index contributed by atoms with van der Waals surface area (Å²) in [4.78, 5) is 17.9. The second kappa shape index (κ2) is 10.3. The van der Waals surface area contributed by atoms with Gasteiger partial charge in [-0.1, -0.05) is 12.1 Å². The molecule has 8 nitrogen and oxygen atoms in total. The number of rotatable bonds is 7. The van der Waals surface area contributed by atoms with Gasteiger partial charge in [-0.25, -0.2) is 4.99 Å². The lowest BCUT2D eigenvalue weighted by Crippen LogP contribution is -2.53. The number of primary amides is 1. The van der Waals surface area contributed by atoms with Crippen molar-refractivity contribution in [3.63, 3.8) is 0 Å². The first-order valence-electron chi connectivity index (χ1n) is 9.92. The van der Waals surface area contributed by atoms with Gasteiger partial charge < -0.3 is 30.2 Å². The third-order valence-electron chi connectivity index (χ3n) is 4.80. The number of ether oxygens (including phenoxy) is 3. The molecule has 0 saturated carbocycles. The number of benzene rings is 1. The van der Waals surface area contributed by atoms with Gasteiger partial charge in [0.15, 0.2) is 12.6 Å². The molecule has 0 aliphatic carbocycles. The van der Waals surface area contributed by atoms with Crippen molar-refractivity contribution < 1.29 is 19.0 Å². The number of hydrogen-bond acceptors (Lipinski definition) is 5. The maximum atomic E-state index is 10.9. The Balaban J connectivity index is 1.63. The van der Waals surface area contributed by atoms with Crippen molar-refractivity contribution in [1.29, 1.82) is 0 Å². The van der Waals surface area contributed by atoms with Gasteiger partial charge in [-0.2, -0.15) is 0 Å². The molecular formula is C20H30N4O4. The Morgan fingerprint density at radius 1 is 1.36 bits per heavy atom. The van der Waals surface area contributed by atoms with Crippen LogP contribution in [0.4, 0.5) is 0 Å². The molecule has 2 heterocycles. The largest absolute Gasteiger partial charge is 0.484 e. The molecule has 2 unspecified atom stereocenters. The Morgan fingerprint density at radius 3 is 2.96 bits per heavy atom. The van der Waals surface area contributed by atoms with Gasteiger partial charge in [0.05, 0.1) is 19.3 Å². The van der Waals surface area contributed by atoms with Gasteiger partial charge in [-0.3, -0.25) is 4.79 Å². The lowest BCUT2D eigenvalue weighted by molar-refractivity contribution is -0.119. The van der Waals surface area contributed by atoms with Crippen LogP contribution in [-0.2, 0) is 20.8 Å². The van der Waals surface area contributed by atoms with Gasteiger partial charge in [-0.05, 0) is 37.5 Å². The predicted molar refractivity (Wildman–Crippen MR) is 106 cm³/mol. The molecule has 8 heteroatoms. The van der Waals surface area contributed by atoms with Crippen LogP contribution in [0.5, 0.6) is 5.75 Å². The molecular weight excluding hydrogens is 360 g/mol. The fourth-order valence-corrected chi connectivity index (χ4v) is 3.47. The van der Waals surface area contributed by atoms with Crippen LogP contribution < -0.4 is 15.8 Å². The van der Waals surface area contributed by atoms with E-state index in [2.05, 4.69) is 17.1 Å². The molecule has 2 aliphatic heterocycles. The minimum Gasteiger partial charge on any atom is -0.484 e. The molecule has 1 amide bonds. The van der Waals surface area contributed by atoms with Crippen LogP contribution >= 0.6 is 0 Å². The molecule has 2 saturated heterocycles. The first-order valence-corrected chi connectivity index (χ1v) is 9.92. The van der Waals surface area contributed by atoms with Crippen molar-refractivity contribution >= 4 is 11.9 Å². The highest BCUT2D eigenvalue weighted by atomic mass is 16.5. The van der Waals surface area contributed by atoms with E-state index in [9.17, 15) is 4.79 Å². The highest BCUT2D eigenvalue weighted by molar-refractivity contribution is 5.80. The lowest BCUT2D eigenvalue weighted by Gasteiger charge is -2.37. The van der Waals surface area contributed by atoms with Crippen molar-refractivity contribution in [1.82, 2.24) is 10.2 Å². The highest BCUT2D eigenvalue weighted by Crippen LogP contribution is 2.21. The maximum absolute atomic E-state index is 10.9. The summed E-state index contributed by atoms with van der Waals surface area (Å²) < 4.78 is 17.1. The molecule has 0 spiro atoms. The Kier molecular flexibility index (Phi) is 7.50. The second-order valence-corrected chi connectivity index (χ2v) is 6.98. The van der Waals surface area contributed by atoms with Crippen LogP contribution in [-0.4, -0.2) is 68.4 Å². The fraction of sp³-hybridized carbons (Fsp3) is 0.600. The van der Waals surface area contributed by atoms with Gasteiger partial charge in [0.25, 0.3) is 5.91 Å². The number of guanidine groups is 1. The second-order valence-electron chi connectivity index (χ2n) is 6.98. The molecule has 2 atom stereocenters. The molecule has 0 aromatic heterocycles. The SMILES string of the molecule is CCNC(=NCc1cccc(OCC(N)=O)c1)N1CCOC(C2CCCO2)C1. The van der Waals surface area contributed by atoms with E-state index < -0.39 is 5.91 Å². The van der Waals surface area contributed by atoms with Crippen LogP contribution in [0.3, 0.4) is 0 Å². The number of carbonyl (C=O) groups is 1. The van der Waals surface area contributed by atoms with Crippen LogP contribution in [0.1, 0.15) is 25.3 Å². The summed E-state index contributed by atoms with van der Waals surface area (Å²) >= 11 is 0. The van der Waals surface area contributed by atoms with Gasteiger partial charge >= 0.3 is 0 Å². The van der Waals surface area contributed by atoms with Gasteiger partial charge in [0, 0.05) is 26.2 Å². The number of nitrogens with two attached hydrogens (primary N) is 1. The summed E-state index contributed by atoms with van der Waals surface area (Å²) in [5.41, 5.74) is 6.13. The lowest BCUT2D eigenvalue weighted by atomic mass is 10.1. The van der Waals surface area contributed by atoms with Gasteiger partial charge in [0.2, 0.25) is 0 Å². The van der Waals surface area contributed by atoms with E-state index in [1.807, 2.05) is 18.2 Å². The van der Waals surface area contributed by atoms with Crippen molar-refractivity contribution in [2.75, 3.05) is 39.5 Å². The summed E-state index contributed by atoms with van der Waals surface area (Å²) in [6.07, 6.45) is 2.44. The third kappa shape index (κ3) is 5.84. The Morgan fingerprint density at radius 2 is 2.21 bits per heavy atom. The molecule has 3 rings (SSSR count). The summed E-state index contributed by atoms with van der Waals surface area (Å²) in [5, 5.41) is 3.38. The van der Waals surface area contributed by atoms with E-state index >= 15 is 0 Å². The summed E-state index contributed by atoms with van der Waals surface area (Å²) in [7, 11) is 0. The number of hydrogen-bond donors (Lipinski definition) is 2. The van der Waals surface area contributed by atoms with Crippen molar-refractivity contribution in [3.05, 3.63) is 29.8 Å². The van der Waals surface area contributed by atoms with Crippen molar-refractivity contribution in [3.8, 4) is 5.75 Å². The maximum Gasteiger partial charge on any atom is 0.255 e. The summed E-state index contributed by atoms with van der Waals surface area (Å²) in [6, 6.07) is 7.55. The van der Waals surface area contributed by atoms with E-state index in [1.165, 1.54) is 0 Å². The first kappa shape index (κ1) is 20.4. The number of morpholine rings is 1. The average molecular weight is 390 g/mol. The summed E-state index contributed by atoms with van der Waals surface area (Å²) in [6.45, 7) is 6.31. The molecule has 0 radical (unpaired) electrons. The minimum absolute atomic E-state index is 0.0885. The molecule has 0 bridgehead atoms. The minimum atomic E-state index is -0.494. The van der Waals surface area contributed by atoms with Gasteiger partial charge in [-0.15, -0.1) is 0 Å². The van der Waals surface area contributed by atoms with E-state index in [1.54, 1.807) is 6.07 Å². The molecule has 2 fully saturated rings. The highest BCUT2D eigenvalue weighted by Gasteiger charge is 2.32. The third-order valence-corrected chi connectivity index (χ3v) is 4.80. The number of amides is 1. The molecule has 154 valence electrons. The molecule has 1 aromatic carbocycles. The van der Waals surface area contributed by atoms with E-state index in [0.29, 0.717) is 18.9 Å². The standard InChI is InChI=1S/C20H30N4O4/c1-2-22-20(24-8-10-27-18(13-24)17-7-4-9-26-17)23-12-15-5-3-6-16(11-15)28-14-19(21)25/h3,5-6,11,17-18H,2,4,7-10,12-14H2,1H3,(H2,21,25)(H,22,23). The zero-order valence-corrected chi connectivity index (χ0v) is 16.4. The van der Waals surface area contributed by atoms with Crippen molar-refractivity contribution in [2.24, 2.45) is 10.7 Å². The molecule has 28 heavy (non-hydrogen) atoms. The number of carbonyl (C=O) groups excluding carboxylic acids is 1. The Labute approximate surface area is 166 Å². The summed E-state index contributed by atoms with van der Waals surface area (Å²) in [5.74, 6) is 0.990. The van der Waals surface area contributed by atoms with E-state index in [4.69, 9.17) is 24.9 Å². The monoisotopic (exact) mass is 390 g/mol. The van der Waals surface area contributed by atoms with Crippen molar-refractivity contribution in [2.45, 2.75) is 38.5 Å². The van der Waals surface area contributed by atoms with Crippen LogP contribution in [0.2, 0.25) is 0 Å². The molecule has 1 aromatic rings. The predicted octanol–water partition coefficient (Wildman–Crippen LogP) is 0.896. The molecule has 2 aliphatic rings. The fourth-order valence-electron chi connectivity index (χ4n) is 3.47. The van der Waals surface area contributed by atoms with E-state index in [0.717, 1.165) is 50.6 Å².